The highest BCUT2D eigenvalue weighted by Gasteiger charge is 2.46. The maximum atomic E-state index is 10.6. The molecule has 0 amide bonds. The number of carbonyl (C=O) groups is 4. The number of carboxylic acid groups (broad SMARTS) is 4. The lowest BCUT2D eigenvalue weighted by Gasteiger charge is -2.50. The number of likely N-dealkylation sites (tertiary alicyclic amines) is 1. The number of rotatable bonds is 3. The van der Waals surface area contributed by atoms with E-state index in [1.54, 1.807) is 0 Å². The average Bonchev–Trinajstić information content (AvgIpc) is 3.40. The Hall–Kier alpha value is -4.68. The van der Waals surface area contributed by atoms with Gasteiger partial charge in [-0.15, -0.1) is 0 Å². The molecule has 0 atom stereocenters. The van der Waals surface area contributed by atoms with Gasteiger partial charge in [-0.2, -0.15) is 52.7 Å². The Labute approximate surface area is 285 Å². The maximum Gasteiger partial charge on any atom is 0.490 e. The molecule has 4 rings (SSSR count). The van der Waals surface area contributed by atoms with Crippen molar-refractivity contribution in [2.75, 3.05) is 26.2 Å². The third kappa shape index (κ3) is 15.7. The van der Waals surface area contributed by atoms with Crippen LogP contribution in [0.1, 0.15) is 36.8 Å². The van der Waals surface area contributed by atoms with Crippen LogP contribution in [0.5, 0.6) is 0 Å². The average molecular weight is 782 g/mol. The van der Waals surface area contributed by atoms with Gasteiger partial charge in [0.1, 0.15) is 5.82 Å². The first-order valence-electron chi connectivity index (χ1n) is 14.1. The van der Waals surface area contributed by atoms with E-state index in [0.717, 1.165) is 39.3 Å². The predicted octanol–water partition coefficient (Wildman–Crippen LogP) is 4.95. The fraction of sp³-hybridized carbons (Fsp3) is 0.556. The Bertz CT molecular complexity index is 1360. The van der Waals surface area contributed by atoms with E-state index in [-0.39, 0.29) is 5.54 Å². The second-order valence-corrected chi connectivity index (χ2v) is 10.3. The SMILES string of the molecule is CCN1CCn2c(C)cnc2C12CCN(Cc1ccncc1)CC2.O=C(O)C(F)(F)F.O=C(O)C(F)(F)F.O=C(O)C(F)(F)F.O=C(O)C(F)(F)F. The molecule has 296 valence electrons. The Morgan fingerprint density at radius 1 is 0.692 bits per heavy atom. The number of aryl methyl sites for hydroxylation is 1. The Kier molecular flexibility index (Phi) is 17.5. The highest BCUT2D eigenvalue weighted by atomic mass is 19.4. The van der Waals surface area contributed by atoms with Crippen molar-refractivity contribution in [3.8, 4) is 0 Å². The van der Waals surface area contributed by atoms with Gasteiger partial charge in [0.15, 0.2) is 0 Å². The normalized spacial score (nSPS) is 15.8. The van der Waals surface area contributed by atoms with E-state index in [4.69, 9.17) is 44.6 Å². The van der Waals surface area contributed by atoms with E-state index < -0.39 is 48.6 Å². The van der Waals surface area contributed by atoms with Crippen molar-refractivity contribution in [2.45, 2.75) is 70.0 Å². The summed E-state index contributed by atoms with van der Waals surface area (Å²) in [5.41, 5.74) is 2.80. The van der Waals surface area contributed by atoms with Gasteiger partial charge in [0.25, 0.3) is 0 Å². The van der Waals surface area contributed by atoms with Gasteiger partial charge in [-0.1, -0.05) is 6.92 Å². The third-order valence-electron chi connectivity index (χ3n) is 6.86. The Balaban J connectivity index is 0.000000764. The molecule has 13 nitrogen and oxygen atoms in total. The molecule has 1 saturated heterocycles. The molecular formula is C27H31F12N5O8. The summed E-state index contributed by atoms with van der Waals surface area (Å²) in [7, 11) is 0. The van der Waals surface area contributed by atoms with Gasteiger partial charge >= 0.3 is 48.6 Å². The van der Waals surface area contributed by atoms with Crippen LogP contribution < -0.4 is 0 Å². The molecule has 1 fully saturated rings. The quantitative estimate of drug-likeness (QED) is 0.308. The number of alkyl halides is 12. The number of piperidine rings is 1. The summed E-state index contributed by atoms with van der Waals surface area (Å²) < 4.78 is 129. The number of halogens is 12. The summed E-state index contributed by atoms with van der Waals surface area (Å²) in [5.74, 6) is -9.73. The number of aromatic nitrogens is 3. The molecule has 0 bridgehead atoms. The van der Waals surface area contributed by atoms with Crippen LogP contribution in [0.25, 0.3) is 0 Å². The van der Waals surface area contributed by atoms with Crippen molar-refractivity contribution in [1.29, 1.82) is 0 Å². The first-order valence-corrected chi connectivity index (χ1v) is 14.1. The van der Waals surface area contributed by atoms with E-state index in [1.165, 1.54) is 29.9 Å². The number of imidazole rings is 1. The lowest BCUT2D eigenvalue weighted by Crippen LogP contribution is -2.57. The second kappa shape index (κ2) is 19.2. The molecule has 4 N–H and O–H groups in total. The molecule has 0 saturated carbocycles. The largest absolute Gasteiger partial charge is 0.490 e. The molecule has 2 aromatic rings. The lowest BCUT2D eigenvalue weighted by atomic mass is 9.83. The lowest BCUT2D eigenvalue weighted by molar-refractivity contribution is -0.193. The molecule has 2 aliphatic rings. The molecule has 25 heteroatoms. The summed E-state index contributed by atoms with van der Waals surface area (Å²) >= 11 is 0. The van der Waals surface area contributed by atoms with E-state index in [2.05, 4.69) is 51.5 Å². The zero-order chi connectivity index (χ0) is 40.9. The molecule has 0 aliphatic carbocycles. The maximum absolute atomic E-state index is 10.6. The zero-order valence-corrected chi connectivity index (χ0v) is 26.7. The van der Waals surface area contributed by atoms with Crippen LogP contribution in [0.2, 0.25) is 0 Å². The van der Waals surface area contributed by atoms with Crippen LogP contribution >= 0.6 is 0 Å². The minimum atomic E-state index is -5.08. The smallest absolute Gasteiger partial charge is 0.475 e. The van der Waals surface area contributed by atoms with Crippen molar-refractivity contribution in [2.24, 2.45) is 0 Å². The number of carboxylic acids is 4. The fourth-order valence-corrected chi connectivity index (χ4v) is 4.52. The van der Waals surface area contributed by atoms with Crippen molar-refractivity contribution in [1.82, 2.24) is 24.3 Å². The zero-order valence-electron chi connectivity index (χ0n) is 26.7. The monoisotopic (exact) mass is 781 g/mol. The van der Waals surface area contributed by atoms with Gasteiger partial charge in [-0.05, 0) is 44.0 Å². The molecule has 52 heavy (non-hydrogen) atoms. The summed E-state index contributed by atoms with van der Waals surface area (Å²) in [4.78, 5) is 49.8. The summed E-state index contributed by atoms with van der Waals surface area (Å²) in [5, 5.41) is 28.5. The minimum absolute atomic E-state index is 0.135. The highest BCUT2D eigenvalue weighted by molar-refractivity contribution is 5.74. The predicted molar refractivity (Wildman–Crippen MR) is 149 cm³/mol. The van der Waals surface area contributed by atoms with Crippen LogP contribution in [0, 0.1) is 6.92 Å². The van der Waals surface area contributed by atoms with E-state index in [1.807, 2.05) is 12.4 Å². The minimum Gasteiger partial charge on any atom is -0.475 e. The van der Waals surface area contributed by atoms with Crippen LogP contribution in [-0.4, -0.2) is 120 Å². The summed E-state index contributed by atoms with van der Waals surface area (Å²) in [6, 6.07) is 4.25. The van der Waals surface area contributed by atoms with Crippen molar-refractivity contribution >= 4 is 23.9 Å². The number of aliphatic carboxylic acids is 4. The van der Waals surface area contributed by atoms with Gasteiger partial charge in [-0.3, -0.25) is 14.8 Å². The molecule has 2 aromatic heterocycles. The topological polar surface area (TPSA) is 186 Å². The number of hydrogen-bond donors (Lipinski definition) is 4. The van der Waals surface area contributed by atoms with Crippen molar-refractivity contribution < 1.29 is 92.3 Å². The number of likely N-dealkylation sites (N-methyl/N-ethyl adjacent to an activating group) is 1. The second-order valence-electron chi connectivity index (χ2n) is 10.3. The third-order valence-corrected chi connectivity index (χ3v) is 6.86. The molecular weight excluding hydrogens is 750 g/mol. The van der Waals surface area contributed by atoms with Crippen LogP contribution in [0.15, 0.2) is 30.7 Å². The van der Waals surface area contributed by atoms with Crippen LogP contribution in [0.4, 0.5) is 52.7 Å². The first-order chi connectivity index (χ1) is 23.5. The number of hydrogen-bond acceptors (Lipinski definition) is 8. The fourth-order valence-electron chi connectivity index (χ4n) is 4.52. The molecule has 0 unspecified atom stereocenters. The first kappa shape index (κ1) is 47.3. The van der Waals surface area contributed by atoms with Crippen LogP contribution in [-0.2, 0) is 37.8 Å². The Morgan fingerprint density at radius 2 is 1.06 bits per heavy atom. The van der Waals surface area contributed by atoms with Gasteiger partial charge < -0.3 is 25.0 Å². The van der Waals surface area contributed by atoms with Crippen molar-refractivity contribution in [3.63, 3.8) is 0 Å². The summed E-state index contributed by atoms with van der Waals surface area (Å²) in [6.07, 6.45) is -12.2. The van der Waals surface area contributed by atoms with Crippen molar-refractivity contribution in [3.05, 3.63) is 47.8 Å². The van der Waals surface area contributed by atoms with Gasteiger partial charge in [0.05, 0.1) is 5.54 Å². The molecule has 0 radical (unpaired) electrons. The van der Waals surface area contributed by atoms with E-state index in [9.17, 15) is 52.7 Å². The molecule has 1 spiro atoms. The van der Waals surface area contributed by atoms with Gasteiger partial charge in [0.2, 0.25) is 0 Å². The number of nitrogens with zero attached hydrogens (tertiary/aromatic N) is 5. The van der Waals surface area contributed by atoms with E-state index in [0.29, 0.717) is 0 Å². The number of fused-ring (bicyclic) bond motifs is 2. The molecule has 2 aliphatic heterocycles. The standard InChI is InChI=1S/C19H27N5.4C2HF3O2/c1-3-23-12-13-24-16(2)14-21-18(24)19(23)6-10-22(11-7-19)15-17-4-8-20-9-5-17;4*3-2(4,5)1(6)7/h4-5,8-9,14H,3,6-7,10-13,15H2,1-2H3;4*(H,6,7). The van der Waals surface area contributed by atoms with Crippen LogP contribution in [0.3, 0.4) is 0 Å². The molecule has 4 heterocycles. The number of pyridine rings is 1. The highest BCUT2D eigenvalue weighted by Crippen LogP contribution is 2.41. The Morgan fingerprint density at radius 3 is 1.38 bits per heavy atom. The molecule has 0 aromatic carbocycles. The van der Waals surface area contributed by atoms with E-state index >= 15 is 0 Å². The summed E-state index contributed by atoms with van der Waals surface area (Å²) in [6.45, 7) is 11.1. The van der Waals surface area contributed by atoms with Gasteiger partial charge in [-0.25, -0.2) is 24.2 Å². The van der Waals surface area contributed by atoms with Gasteiger partial charge in [0, 0.05) is 57.0 Å².